The summed E-state index contributed by atoms with van der Waals surface area (Å²) in [5, 5.41) is 3.21. The quantitative estimate of drug-likeness (QED) is 0.734. The van der Waals surface area contributed by atoms with Crippen LogP contribution in [0.2, 0.25) is 0 Å². The smallest absolute Gasteiger partial charge is 0.272 e. The fraction of sp³-hybridized carbons (Fsp3) is 0.286. The molecule has 148 valence electrons. The zero-order chi connectivity index (χ0) is 20.2. The van der Waals surface area contributed by atoms with Gasteiger partial charge in [0.25, 0.3) is 5.91 Å². The number of hydrogen-bond acceptors (Lipinski definition) is 7. The number of benzene rings is 1. The molecule has 0 bridgehead atoms. The third kappa shape index (κ3) is 4.31. The van der Waals surface area contributed by atoms with Crippen LogP contribution in [0.3, 0.4) is 0 Å². The van der Waals surface area contributed by atoms with Crippen LogP contribution in [0.15, 0.2) is 48.9 Å². The highest BCUT2D eigenvalue weighted by atomic mass is 16.2. The van der Waals surface area contributed by atoms with Gasteiger partial charge in [0.15, 0.2) is 0 Å². The van der Waals surface area contributed by atoms with Gasteiger partial charge in [-0.2, -0.15) is 0 Å². The van der Waals surface area contributed by atoms with Crippen LogP contribution in [0, 0.1) is 13.8 Å². The Labute approximate surface area is 169 Å². The summed E-state index contributed by atoms with van der Waals surface area (Å²) in [4.78, 5) is 34.1. The van der Waals surface area contributed by atoms with Crippen molar-refractivity contribution in [3.05, 3.63) is 65.7 Å². The van der Waals surface area contributed by atoms with Gasteiger partial charge in [-0.3, -0.25) is 4.79 Å². The number of aryl methyl sites for hydroxylation is 2. The number of nitrogens with one attached hydrogen (secondary N) is 1. The molecule has 1 saturated heterocycles. The predicted molar refractivity (Wildman–Crippen MR) is 111 cm³/mol. The Morgan fingerprint density at radius 1 is 0.966 bits per heavy atom. The van der Waals surface area contributed by atoms with Gasteiger partial charge in [0.2, 0.25) is 11.9 Å². The highest BCUT2D eigenvalue weighted by molar-refractivity contribution is 5.92. The molecule has 0 aliphatic carbocycles. The van der Waals surface area contributed by atoms with E-state index >= 15 is 0 Å². The molecule has 8 nitrogen and oxygen atoms in total. The average molecular weight is 389 g/mol. The van der Waals surface area contributed by atoms with Crippen molar-refractivity contribution in [2.45, 2.75) is 13.8 Å². The maximum Gasteiger partial charge on any atom is 0.272 e. The number of carbonyl (C=O) groups is 1. The SMILES string of the molecule is Cc1ccc(Nc2nccc(C(=O)N3CCN(c4ncccn4)CC3)n2)c(C)c1. The van der Waals surface area contributed by atoms with Crippen LogP contribution in [0.5, 0.6) is 0 Å². The Morgan fingerprint density at radius 2 is 1.72 bits per heavy atom. The first-order valence-corrected chi connectivity index (χ1v) is 9.59. The van der Waals surface area contributed by atoms with E-state index < -0.39 is 0 Å². The number of piperazine rings is 1. The second kappa shape index (κ2) is 8.22. The van der Waals surface area contributed by atoms with E-state index in [4.69, 9.17) is 0 Å². The second-order valence-corrected chi connectivity index (χ2v) is 7.04. The lowest BCUT2D eigenvalue weighted by Crippen LogP contribution is -2.49. The predicted octanol–water partition coefficient (Wildman–Crippen LogP) is 2.59. The molecule has 3 aromatic rings. The number of hydrogen-bond donors (Lipinski definition) is 1. The van der Waals surface area contributed by atoms with Crippen molar-refractivity contribution in [3.63, 3.8) is 0 Å². The molecule has 2 aromatic heterocycles. The Morgan fingerprint density at radius 3 is 2.45 bits per heavy atom. The number of rotatable bonds is 4. The van der Waals surface area contributed by atoms with E-state index in [1.807, 2.05) is 24.0 Å². The first-order chi connectivity index (χ1) is 14.1. The molecule has 1 amide bonds. The maximum atomic E-state index is 12.9. The summed E-state index contributed by atoms with van der Waals surface area (Å²) in [7, 11) is 0. The summed E-state index contributed by atoms with van der Waals surface area (Å²) in [6.07, 6.45) is 5.07. The molecule has 0 saturated carbocycles. The lowest BCUT2D eigenvalue weighted by molar-refractivity contribution is 0.0740. The molecule has 1 fully saturated rings. The van der Waals surface area contributed by atoms with Crippen LogP contribution in [0.25, 0.3) is 0 Å². The van der Waals surface area contributed by atoms with E-state index in [9.17, 15) is 4.79 Å². The monoisotopic (exact) mass is 389 g/mol. The van der Waals surface area contributed by atoms with Gasteiger partial charge in [0.1, 0.15) is 5.69 Å². The third-order valence-electron chi connectivity index (χ3n) is 4.90. The van der Waals surface area contributed by atoms with Gasteiger partial charge < -0.3 is 15.1 Å². The van der Waals surface area contributed by atoms with Gasteiger partial charge in [-0.15, -0.1) is 0 Å². The van der Waals surface area contributed by atoms with Gasteiger partial charge in [0, 0.05) is 50.5 Å². The van der Waals surface area contributed by atoms with E-state index in [0.29, 0.717) is 43.8 Å². The minimum atomic E-state index is -0.0929. The van der Waals surface area contributed by atoms with Crippen molar-refractivity contribution in [1.82, 2.24) is 24.8 Å². The van der Waals surface area contributed by atoms with Gasteiger partial charge >= 0.3 is 0 Å². The summed E-state index contributed by atoms with van der Waals surface area (Å²) in [5.41, 5.74) is 3.61. The van der Waals surface area contributed by atoms with E-state index in [1.165, 1.54) is 5.56 Å². The molecule has 1 aromatic carbocycles. The molecule has 1 N–H and O–H groups in total. The van der Waals surface area contributed by atoms with Crippen molar-refractivity contribution in [1.29, 1.82) is 0 Å². The van der Waals surface area contributed by atoms with E-state index in [-0.39, 0.29) is 5.91 Å². The van der Waals surface area contributed by atoms with Crippen LogP contribution in [0.4, 0.5) is 17.6 Å². The average Bonchev–Trinajstić information content (AvgIpc) is 2.76. The number of amides is 1. The second-order valence-electron chi connectivity index (χ2n) is 7.04. The van der Waals surface area contributed by atoms with Crippen LogP contribution in [-0.2, 0) is 0 Å². The van der Waals surface area contributed by atoms with Gasteiger partial charge in [-0.25, -0.2) is 19.9 Å². The molecule has 0 spiro atoms. The van der Waals surface area contributed by atoms with Gasteiger partial charge in [0.05, 0.1) is 0 Å². The van der Waals surface area contributed by atoms with Crippen molar-refractivity contribution in [2.75, 3.05) is 36.4 Å². The summed E-state index contributed by atoms with van der Waals surface area (Å²) in [6, 6.07) is 9.56. The lowest BCUT2D eigenvalue weighted by Gasteiger charge is -2.34. The van der Waals surface area contributed by atoms with Crippen LogP contribution < -0.4 is 10.2 Å². The zero-order valence-electron chi connectivity index (χ0n) is 16.5. The summed E-state index contributed by atoms with van der Waals surface area (Å²) >= 11 is 0. The molecule has 0 unspecified atom stereocenters. The Bertz CT molecular complexity index is 1000. The molecule has 29 heavy (non-hydrogen) atoms. The van der Waals surface area contributed by atoms with E-state index in [2.05, 4.69) is 43.1 Å². The molecule has 4 rings (SSSR count). The zero-order valence-corrected chi connectivity index (χ0v) is 16.5. The van der Waals surface area contributed by atoms with Crippen molar-refractivity contribution in [2.24, 2.45) is 0 Å². The largest absolute Gasteiger partial charge is 0.337 e. The fourth-order valence-electron chi connectivity index (χ4n) is 3.34. The molecule has 1 aliphatic rings. The molecular weight excluding hydrogens is 366 g/mol. The van der Waals surface area contributed by atoms with Crippen LogP contribution >= 0.6 is 0 Å². The highest BCUT2D eigenvalue weighted by Gasteiger charge is 2.24. The van der Waals surface area contributed by atoms with Crippen molar-refractivity contribution < 1.29 is 4.79 Å². The summed E-state index contributed by atoms with van der Waals surface area (Å²) in [6.45, 7) is 6.65. The standard InChI is InChI=1S/C21H23N7O/c1-15-4-5-17(16(2)14-15)25-20-22-9-6-18(26-20)19(29)27-10-12-28(13-11-27)21-23-7-3-8-24-21/h3-9,14H,10-13H2,1-2H3,(H,22,25,26). The van der Waals surface area contributed by atoms with Crippen LogP contribution in [0.1, 0.15) is 21.6 Å². The fourth-order valence-corrected chi connectivity index (χ4v) is 3.34. The summed E-state index contributed by atoms with van der Waals surface area (Å²) < 4.78 is 0. The van der Waals surface area contributed by atoms with E-state index in [0.717, 1.165) is 11.3 Å². The number of nitrogens with zero attached hydrogens (tertiary/aromatic N) is 6. The molecule has 3 heterocycles. The Hall–Kier alpha value is -3.55. The Kier molecular flexibility index (Phi) is 5.33. The highest BCUT2D eigenvalue weighted by Crippen LogP contribution is 2.20. The molecule has 0 radical (unpaired) electrons. The van der Waals surface area contributed by atoms with Gasteiger partial charge in [-0.1, -0.05) is 17.7 Å². The number of anilines is 3. The van der Waals surface area contributed by atoms with Crippen molar-refractivity contribution in [3.8, 4) is 0 Å². The minimum absolute atomic E-state index is 0.0929. The number of carbonyl (C=O) groups excluding carboxylic acids is 1. The van der Waals surface area contributed by atoms with Gasteiger partial charge in [-0.05, 0) is 37.6 Å². The first-order valence-electron chi connectivity index (χ1n) is 9.59. The lowest BCUT2D eigenvalue weighted by atomic mass is 10.1. The van der Waals surface area contributed by atoms with Crippen molar-refractivity contribution >= 4 is 23.5 Å². The Balaban J connectivity index is 1.42. The topological polar surface area (TPSA) is 87.1 Å². The first kappa shape index (κ1) is 18.8. The molecule has 8 heteroatoms. The molecule has 1 aliphatic heterocycles. The summed E-state index contributed by atoms with van der Waals surface area (Å²) in [5.74, 6) is 1.02. The maximum absolute atomic E-state index is 12.9. The molecular formula is C21H23N7O. The van der Waals surface area contributed by atoms with Crippen LogP contribution in [-0.4, -0.2) is 56.9 Å². The third-order valence-corrected chi connectivity index (χ3v) is 4.90. The normalized spacial score (nSPS) is 14.0. The molecule has 0 atom stereocenters. The minimum Gasteiger partial charge on any atom is -0.337 e. The van der Waals surface area contributed by atoms with E-state index in [1.54, 1.807) is 30.7 Å². The number of aromatic nitrogens is 4.